The summed E-state index contributed by atoms with van der Waals surface area (Å²) in [5.74, 6) is 0.174. The number of hydrogen-bond acceptors (Lipinski definition) is 2. The Kier molecular flexibility index (Phi) is 5.27. The second-order valence-electron chi connectivity index (χ2n) is 6.32. The minimum Gasteiger partial charge on any atom is -0.384 e. The highest BCUT2D eigenvalue weighted by molar-refractivity contribution is 6.00. The van der Waals surface area contributed by atoms with Gasteiger partial charge in [-0.1, -0.05) is 13.0 Å². The second-order valence-corrected chi connectivity index (χ2v) is 6.32. The predicted octanol–water partition coefficient (Wildman–Crippen LogP) is 4.22. The van der Waals surface area contributed by atoms with Crippen molar-refractivity contribution in [2.75, 3.05) is 11.9 Å². The number of nitrogens with one attached hydrogen (secondary N) is 1. The Bertz CT molecular complexity index is 488. The Balaban J connectivity index is 2.29. The van der Waals surface area contributed by atoms with E-state index in [9.17, 15) is 4.79 Å². The Hall–Kier alpha value is -1.51. The van der Waals surface area contributed by atoms with Gasteiger partial charge in [0.2, 0.25) is 0 Å². The zero-order valence-corrected chi connectivity index (χ0v) is 13.8. The van der Waals surface area contributed by atoms with Gasteiger partial charge in [-0.15, -0.1) is 0 Å². The van der Waals surface area contributed by atoms with Crippen molar-refractivity contribution in [3.63, 3.8) is 0 Å². The van der Waals surface area contributed by atoms with Crippen molar-refractivity contribution in [2.45, 2.75) is 65.5 Å². The quantitative estimate of drug-likeness (QED) is 0.899. The third-order valence-electron chi connectivity index (χ3n) is 4.40. The third-order valence-corrected chi connectivity index (χ3v) is 4.40. The number of carbonyl (C=O) groups excluding carboxylic acids is 1. The molecule has 0 bridgehead atoms. The fourth-order valence-corrected chi connectivity index (χ4v) is 3.21. The van der Waals surface area contributed by atoms with Crippen LogP contribution in [0, 0.1) is 6.92 Å². The maximum absolute atomic E-state index is 13.0. The van der Waals surface area contributed by atoms with E-state index in [1.54, 1.807) is 0 Å². The van der Waals surface area contributed by atoms with E-state index in [0.29, 0.717) is 12.1 Å². The molecule has 21 heavy (non-hydrogen) atoms. The highest BCUT2D eigenvalue weighted by Gasteiger charge is 2.30. The number of anilines is 1. The molecule has 0 spiro atoms. The first-order valence-corrected chi connectivity index (χ1v) is 8.21. The van der Waals surface area contributed by atoms with E-state index in [2.05, 4.69) is 44.0 Å². The zero-order chi connectivity index (χ0) is 15.4. The second kappa shape index (κ2) is 6.97. The summed E-state index contributed by atoms with van der Waals surface area (Å²) in [6, 6.07) is 6.76. The number of likely N-dealkylation sites (tertiary alicyclic amines) is 1. The van der Waals surface area contributed by atoms with Crippen LogP contribution in [0.15, 0.2) is 18.2 Å². The average molecular weight is 288 g/mol. The maximum atomic E-state index is 13.0. The molecule has 1 amide bonds. The SMILES string of the molecule is CCCNc1cc(C)ccc1C(=O)N1C(C)CCCC1C. The van der Waals surface area contributed by atoms with Gasteiger partial charge in [-0.25, -0.2) is 0 Å². The van der Waals surface area contributed by atoms with Crippen molar-refractivity contribution in [2.24, 2.45) is 0 Å². The first kappa shape index (κ1) is 15.9. The standard InChI is InChI=1S/C18H28N2O/c1-5-11-19-17-12-13(2)9-10-16(17)18(21)20-14(3)7-6-8-15(20)4/h9-10,12,14-15,19H,5-8,11H2,1-4H3. The summed E-state index contributed by atoms with van der Waals surface area (Å²) >= 11 is 0. The normalized spacial score (nSPS) is 22.2. The van der Waals surface area contributed by atoms with E-state index in [0.717, 1.165) is 37.1 Å². The van der Waals surface area contributed by atoms with Crippen LogP contribution in [0.3, 0.4) is 0 Å². The Morgan fingerprint density at radius 1 is 1.29 bits per heavy atom. The lowest BCUT2D eigenvalue weighted by atomic mass is 9.96. The summed E-state index contributed by atoms with van der Waals surface area (Å²) in [5, 5.41) is 3.41. The van der Waals surface area contributed by atoms with Crippen molar-refractivity contribution < 1.29 is 4.79 Å². The molecule has 1 fully saturated rings. The number of carbonyl (C=O) groups is 1. The lowest BCUT2D eigenvalue weighted by molar-refractivity contribution is 0.0512. The summed E-state index contributed by atoms with van der Waals surface area (Å²) in [6.45, 7) is 9.44. The molecule has 0 saturated carbocycles. The molecule has 1 aromatic rings. The topological polar surface area (TPSA) is 32.3 Å². The van der Waals surface area contributed by atoms with Crippen LogP contribution in [0.2, 0.25) is 0 Å². The van der Waals surface area contributed by atoms with E-state index in [1.165, 1.54) is 12.0 Å². The van der Waals surface area contributed by atoms with E-state index in [1.807, 2.05) is 12.1 Å². The van der Waals surface area contributed by atoms with Crippen LogP contribution in [0.5, 0.6) is 0 Å². The van der Waals surface area contributed by atoms with Gasteiger partial charge in [0.05, 0.1) is 5.56 Å². The predicted molar refractivity (Wildman–Crippen MR) is 88.9 cm³/mol. The summed E-state index contributed by atoms with van der Waals surface area (Å²) in [7, 11) is 0. The fraction of sp³-hybridized carbons (Fsp3) is 0.611. The Morgan fingerprint density at radius 2 is 1.95 bits per heavy atom. The van der Waals surface area contributed by atoms with E-state index in [4.69, 9.17) is 0 Å². The highest BCUT2D eigenvalue weighted by atomic mass is 16.2. The van der Waals surface area contributed by atoms with Gasteiger partial charge in [0.25, 0.3) is 5.91 Å². The number of nitrogens with zero attached hydrogens (tertiary/aromatic N) is 1. The van der Waals surface area contributed by atoms with Crippen molar-refractivity contribution in [1.82, 2.24) is 4.90 Å². The summed E-state index contributed by atoms with van der Waals surface area (Å²) < 4.78 is 0. The Morgan fingerprint density at radius 3 is 2.57 bits per heavy atom. The molecule has 1 N–H and O–H groups in total. The van der Waals surface area contributed by atoms with Gasteiger partial charge in [-0.3, -0.25) is 4.79 Å². The van der Waals surface area contributed by atoms with Crippen LogP contribution in [0.1, 0.15) is 62.4 Å². The minimum atomic E-state index is 0.174. The van der Waals surface area contributed by atoms with Crippen LogP contribution in [-0.4, -0.2) is 29.4 Å². The number of amides is 1. The monoisotopic (exact) mass is 288 g/mol. The molecule has 1 aliphatic heterocycles. The molecule has 3 nitrogen and oxygen atoms in total. The lowest BCUT2D eigenvalue weighted by Gasteiger charge is -2.39. The molecule has 1 saturated heterocycles. The number of benzene rings is 1. The molecule has 116 valence electrons. The molecule has 3 heteroatoms. The summed E-state index contributed by atoms with van der Waals surface area (Å²) in [4.78, 5) is 15.1. The van der Waals surface area contributed by atoms with Crippen LogP contribution in [0.4, 0.5) is 5.69 Å². The van der Waals surface area contributed by atoms with Crippen LogP contribution in [-0.2, 0) is 0 Å². The summed E-state index contributed by atoms with van der Waals surface area (Å²) in [5.41, 5.74) is 2.98. The largest absolute Gasteiger partial charge is 0.384 e. The maximum Gasteiger partial charge on any atom is 0.256 e. The van der Waals surface area contributed by atoms with Gasteiger partial charge < -0.3 is 10.2 Å². The van der Waals surface area contributed by atoms with Crippen molar-refractivity contribution in [3.05, 3.63) is 29.3 Å². The molecule has 0 radical (unpaired) electrons. The average Bonchev–Trinajstić information content (AvgIpc) is 2.44. The lowest BCUT2D eigenvalue weighted by Crippen LogP contribution is -2.47. The molecule has 0 aliphatic carbocycles. The molecule has 1 heterocycles. The Labute approximate surface area is 128 Å². The van der Waals surface area contributed by atoms with Crippen molar-refractivity contribution in [1.29, 1.82) is 0 Å². The summed E-state index contributed by atoms with van der Waals surface area (Å²) in [6.07, 6.45) is 4.50. The molecule has 1 aromatic carbocycles. The van der Waals surface area contributed by atoms with Gasteiger partial charge in [-0.2, -0.15) is 0 Å². The third kappa shape index (κ3) is 3.58. The molecule has 2 unspecified atom stereocenters. The van der Waals surface area contributed by atoms with Gasteiger partial charge >= 0.3 is 0 Å². The zero-order valence-electron chi connectivity index (χ0n) is 13.8. The first-order valence-electron chi connectivity index (χ1n) is 8.21. The molecule has 0 aromatic heterocycles. The van der Waals surface area contributed by atoms with Gasteiger partial charge in [0, 0.05) is 24.3 Å². The van der Waals surface area contributed by atoms with Crippen LogP contribution < -0.4 is 5.32 Å². The highest BCUT2D eigenvalue weighted by Crippen LogP contribution is 2.27. The van der Waals surface area contributed by atoms with Crippen molar-refractivity contribution >= 4 is 11.6 Å². The number of piperidine rings is 1. The smallest absolute Gasteiger partial charge is 0.256 e. The van der Waals surface area contributed by atoms with E-state index < -0.39 is 0 Å². The number of aryl methyl sites for hydroxylation is 1. The van der Waals surface area contributed by atoms with Gasteiger partial charge in [0.1, 0.15) is 0 Å². The molecule has 2 atom stereocenters. The number of hydrogen-bond donors (Lipinski definition) is 1. The minimum absolute atomic E-state index is 0.174. The van der Waals surface area contributed by atoms with Crippen LogP contribution in [0.25, 0.3) is 0 Å². The van der Waals surface area contributed by atoms with Gasteiger partial charge in [-0.05, 0) is 64.2 Å². The molecular formula is C18H28N2O. The first-order chi connectivity index (χ1) is 10.0. The van der Waals surface area contributed by atoms with E-state index in [-0.39, 0.29) is 5.91 Å². The van der Waals surface area contributed by atoms with Crippen molar-refractivity contribution in [3.8, 4) is 0 Å². The van der Waals surface area contributed by atoms with Crippen LogP contribution >= 0.6 is 0 Å². The molecular weight excluding hydrogens is 260 g/mol. The van der Waals surface area contributed by atoms with E-state index >= 15 is 0 Å². The van der Waals surface area contributed by atoms with Gasteiger partial charge in [0.15, 0.2) is 0 Å². The molecule has 1 aliphatic rings. The number of rotatable bonds is 4. The fourth-order valence-electron chi connectivity index (χ4n) is 3.21. The molecule has 2 rings (SSSR count).